The van der Waals surface area contributed by atoms with Crippen molar-refractivity contribution in [1.82, 2.24) is 4.90 Å². The van der Waals surface area contributed by atoms with Crippen LogP contribution >= 0.6 is 0 Å². The van der Waals surface area contributed by atoms with E-state index < -0.39 is 5.97 Å². The molecule has 96 valence electrons. The average molecular weight is 241 g/mol. The lowest BCUT2D eigenvalue weighted by molar-refractivity contribution is 0.0654. The van der Waals surface area contributed by atoms with Crippen LogP contribution in [-0.4, -0.2) is 40.8 Å². The lowest BCUT2D eigenvalue weighted by atomic mass is 10.2. The van der Waals surface area contributed by atoms with Crippen LogP contribution in [0.1, 0.15) is 42.6 Å². The van der Waals surface area contributed by atoms with E-state index >= 15 is 0 Å². The first kappa shape index (κ1) is 13.7. The van der Waals surface area contributed by atoms with Gasteiger partial charge in [-0.3, -0.25) is 4.90 Å². The van der Waals surface area contributed by atoms with Crippen molar-refractivity contribution in [2.45, 2.75) is 26.3 Å². The number of hydrogen-bond acceptors (Lipinski definition) is 4. The molecule has 1 aromatic heterocycles. The van der Waals surface area contributed by atoms with Gasteiger partial charge in [-0.15, -0.1) is 0 Å². The van der Waals surface area contributed by atoms with Crippen molar-refractivity contribution in [3.8, 4) is 0 Å². The predicted octanol–water partition coefficient (Wildman–Crippen LogP) is 1.74. The molecule has 0 saturated carbocycles. The van der Waals surface area contributed by atoms with Crippen LogP contribution in [0.2, 0.25) is 0 Å². The van der Waals surface area contributed by atoms with E-state index in [1.54, 1.807) is 6.07 Å². The molecule has 5 nitrogen and oxygen atoms in total. The van der Waals surface area contributed by atoms with Gasteiger partial charge in [-0.05, 0) is 32.0 Å². The summed E-state index contributed by atoms with van der Waals surface area (Å²) in [4.78, 5) is 12.8. The Morgan fingerprint density at radius 1 is 1.47 bits per heavy atom. The molecule has 2 N–H and O–H groups in total. The fourth-order valence-corrected chi connectivity index (χ4v) is 1.79. The lowest BCUT2D eigenvalue weighted by Gasteiger charge is -2.26. The van der Waals surface area contributed by atoms with E-state index in [2.05, 4.69) is 11.8 Å². The van der Waals surface area contributed by atoms with Gasteiger partial charge in [0.1, 0.15) is 5.76 Å². The van der Waals surface area contributed by atoms with Crippen molar-refractivity contribution >= 4 is 5.97 Å². The Kier molecular flexibility index (Phi) is 5.18. The second-order valence-corrected chi connectivity index (χ2v) is 3.94. The summed E-state index contributed by atoms with van der Waals surface area (Å²) < 4.78 is 5.26. The molecule has 1 heterocycles. The number of rotatable bonds is 7. The SMILES string of the molecule is CCCN(CCO)C(C)c1ccc(C(=O)O)o1. The Balaban J connectivity index is 2.77. The summed E-state index contributed by atoms with van der Waals surface area (Å²) in [5, 5.41) is 17.8. The van der Waals surface area contributed by atoms with Crippen LogP contribution in [0.4, 0.5) is 0 Å². The van der Waals surface area contributed by atoms with Crippen molar-refractivity contribution in [3.05, 3.63) is 23.7 Å². The van der Waals surface area contributed by atoms with E-state index in [0.29, 0.717) is 12.3 Å². The number of aliphatic hydroxyl groups excluding tert-OH is 1. The summed E-state index contributed by atoms with van der Waals surface area (Å²) >= 11 is 0. The van der Waals surface area contributed by atoms with E-state index in [1.165, 1.54) is 6.07 Å². The minimum atomic E-state index is -1.06. The standard InChI is InChI=1S/C12H19NO4/c1-3-6-13(7-8-14)9(2)10-4-5-11(17-10)12(15)16/h4-5,9,14H,3,6-8H2,1-2H3,(H,15,16). The zero-order chi connectivity index (χ0) is 12.8. The molecule has 0 spiro atoms. The number of furan rings is 1. The number of carboxylic acid groups (broad SMARTS) is 1. The van der Waals surface area contributed by atoms with Crippen LogP contribution in [-0.2, 0) is 0 Å². The van der Waals surface area contributed by atoms with Gasteiger partial charge in [0.2, 0.25) is 5.76 Å². The Morgan fingerprint density at radius 3 is 2.65 bits per heavy atom. The molecular weight excluding hydrogens is 222 g/mol. The Bertz CT molecular complexity index is 355. The number of aliphatic hydroxyl groups is 1. The van der Waals surface area contributed by atoms with E-state index in [4.69, 9.17) is 14.6 Å². The van der Waals surface area contributed by atoms with Crippen molar-refractivity contribution in [2.75, 3.05) is 19.7 Å². The van der Waals surface area contributed by atoms with Gasteiger partial charge in [0.05, 0.1) is 12.6 Å². The van der Waals surface area contributed by atoms with Gasteiger partial charge in [-0.2, -0.15) is 0 Å². The zero-order valence-corrected chi connectivity index (χ0v) is 10.2. The van der Waals surface area contributed by atoms with Gasteiger partial charge in [0, 0.05) is 6.54 Å². The summed E-state index contributed by atoms with van der Waals surface area (Å²) in [6.07, 6.45) is 0.969. The van der Waals surface area contributed by atoms with Crippen LogP contribution in [0.25, 0.3) is 0 Å². The fourth-order valence-electron chi connectivity index (χ4n) is 1.79. The smallest absolute Gasteiger partial charge is 0.371 e. The first-order chi connectivity index (χ1) is 8.10. The molecule has 17 heavy (non-hydrogen) atoms. The average Bonchev–Trinajstić information content (AvgIpc) is 2.77. The molecule has 0 aliphatic heterocycles. The molecule has 5 heteroatoms. The highest BCUT2D eigenvalue weighted by Gasteiger charge is 2.19. The van der Waals surface area contributed by atoms with Gasteiger partial charge in [0.25, 0.3) is 0 Å². The van der Waals surface area contributed by atoms with Crippen molar-refractivity contribution < 1.29 is 19.4 Å². The van der Waals surface area contributed by atoms with Crippen LogP contribution in [0.3, 0.4) is 0 Å². The Labute approximate surface area is 101 Å². The maximum absolute atomic E-state index is 10.7. The molecule has 1 rings (SSSR count). The van der Waals surface area contributed by atoms with Crippen molar-refractivity contribution in [2.24, 2.45) is 0 Å². The van der Waals surface area contributed by atoms with Crippen LogP contribution < -0.4 is 0 Å². The summed E-state index contributed by atoms with van der Waals surface area (Å²) in [5.74, 6) is -0.496. The molecule has 0 bridgehead atoms. The zero-order valence-electron chi connectivity index (χ0n) is 10.2. The molecule has 1 aromatic rings. The van der Waals surface area contributed by atoms with Crippen molar-refractivity contribution in [3.63, 3.8) is 0 Å². The molecule has 0 saturated heterocycles. The maximum Gasteiger partial charge on any atom is 0.371 e. The Morgan fingerprint density at radius 2 is 2.18 bits per heavy atom. The number of nitrogens with zero attached hydrogens (tertiary/aromatic N) is 1. The number of carboxylic acids is 1. The highest BCUT2D eigenvalue weighted by Crippen LogP contribution is 2.22. The number of aromatic carboxylic acids is 1. The number of carbonyl (C=O) groups is 1. The first-order valence-corrected chi connectivity index (χ1v) is 5.78. The van der Waals surface area contributed by atoms with Gasteiger partial charge in [0.15, 0.2) is 0 Å². The second-order valence-electron chi connectivity index (χ2n) is 3.94. The van der Waals surface area contributed by atoms with Crippen LogP contribution in [0.5, 0.6) is 0 Å². The molecule has 0 radical (unpaired) electrons. The first-order valence-electron chi connectivity index (χ1n) is 5.78. The third-order valence-corrected chi connectivity index (χ3v) is 2.70. The van der Waals surface area contributed by atoms with E-state index in [-0.39, 0.29) is 18.4 Å². The van der Waals surface area contributed by atoms with Crippen LogP contribution in [0, 0.1) is 0 Å². The summed E-state index contributed by atoms with van der Waals surface area (Å²) in [7, 11) is 0. The third-order valence-electron chi connectivity index (χ3n) is 2.70. The van der Waals surface area contributed by atoms with Gasteiger partial charge in [-0.25, -0.2) is 4.79 Å². The van der Waals surface area contributed by atoms with E-state index in [0.717, 1.165) is 13.0 Å². The van der Waals surface area contributed by atoms with E-state index in [1.807, 2.05) is 6.92 Å². The Hall–Kier alpha value is -1.33. The largest absolute Gasteiger partial charge is 0.475 e. The van der Waals surface area contributed by atoms with Gasteiger partial charge >= 0.3 is 5.97 Å². The summed E-state index contributed by atoms with van der Waals surface area (Å²) in [6, 6.07) is 3.10. The highest BCUT2D eigenvalue weighted by molar-refractivity contribution is 5.84. The molecule has 0 aromatic carbocycles. The predicted molar refractivity (Wildman–Crippen MR) is 63.0 cm³/mol. The van der Waals surface area contributed by atoms with Gasteiger partial charge in [-0.1, -0.05) is 6.92 Å². The van der Waals surface area contributed by atoms with Crippen LogP contribution in [0.15, 0.2) is 16.5 Å². The molecule has 0 aliphatic rings. The number of hydrogen-bond donors (Lipinski definition) is 2. The van der Waals surface area contributed by atoms with Gasteiger partial charge < -0.3 is 14.6 Å². The molecule has 1 atom stereocenters. The topological polar surface area (TPSA) is 73.9 Å². The van der Waals surface area contributed by atoms with E-state index in [9.17, 15) is 4.79 Å². The lowest BCUT2D eigenvalue weighted by Crippen LogP contribution is -2.30. The minimum absolute atomic E-state index is 0.0322. The molecule has 0 aliphatic carbocycles. The monoisotopic (exact) mass is 241 g/mol. The molecular formula is C12H19NO4. The van der Waals surface area contributed by atoms with Crippen molar-refractivity contribution in [1.29, 1.82) is 0 Å². The molecule has 0 fully saturated rings. The fraction of sp³-hybridized carbons (Fsp3) is 0.583. The third kappa shape index (κ3) is 3.57. The highest BCUT2D eigenvalue weighted by atomic mass is 16.4. The minimum Gasteiger partial charge on any atom is -0.475 e. The molecule has 0 amide bonds. The maximum atomic E-state index is 10.7. The quantitative estimate of drug-likeness (QED) is 0.760. The summed E-state index contributed by atoms with van der Waals surface area (Å²) in [5.41, 5.74) is 0. The molecule has 1 unspecified atom stereocenters. The second kappa shape index (κ2) is 6.42. The normalized spacial score (nSPS) is 12.9. The summed E-state index contributed by atoms with van der Waals surface area (Å²) in [6.45, 7) is 5.47.